The normalized spacial score (nSPS) is 33.3. The fourth-order valence-electron chi connectivity index (χ4n) is 6.24. The van der Waals surface area contributed by atoms with Gasteiger partial charge in [-0.25, -0.2) is 0 Å². The summed E-state index contributed by atoms with van der Waals surface area (Å²) in [5.41, 5.74) is 1.88. The minimum Gasteiger partial charge on any atom is -0.870 e. The zero-order valence-corrected chi connectivity index (χ0v) is 15.5. The van der Waals surface area contributed by atoms with Gasteiger partial charge in [0.15, 0.2) is 17.9 Å². The van der Waals surface area contributed by atoms with Crippen molar-refractivity contribution in [3.05, 3.63) is 24.5 Å². The van der Waals surface area contributed by atoms with Crippen molar-refractivity contribution in [1.29, 1.82) is 0 Å². The first-order valence-corrected chi connectivity index (χ1v) is 9.99. The van der Waals surface area contributed by atoms with E-state index in [9.17, 15) is 0 Å². The molecule has 0 atom stereocenters. The minimum atomic E-state index is 0. The molecule has 1 N–H and O–H groups in total. The Morgan fingerprint density at radius 2 is 1.38 bits per heavy atom. The predicted molar refractivity (Wildman–Crippen MR) is 97.5 cm³/mol. The number of pyridine rings is 1. The highest BCUT2D eigenvalue weighted by molar-refractivity contribution is 5.43. The summed E-state index contributed by atoms with van der Waals surface area (Å²) in [5, 5.41) is 0. The maximum Gasteiger partial charge on any atom is 0.171 e. The number of aromatic nitrogens is 1. The fraction of sp³-hybridized carbons (Fsp3) is 0.762. The molecule has 4 fully saturated rings. The van der Waals surface area contributed by atoms with Crippen molar-refractivity contribution < 1.29 is 10.0 Å². The zero-order chi connectivity index (χ0) is 15.9. The SMILES string of the molecule is CCCN(CCC)c1cc[n+](C23CC4CC(CC(C4)C2)C3)cc1.[OH-]. The molecule has 0 radical (unpaired) electrons. The molecule has 3 heteroatoms. The lowest BCUT2D eigenvalue weighted by molar-refractivity contribution is -0.776. The van der Waals surface area contributed by atoms with Gasteiger partial charge in [-0.3, -0.25) is 0 Å². The van der Waals surface area contributed by atoms with Crippen LogP contribution in [0.3, 0.4) is 0 Å². The van der Waals surface area contributed by atoms with Gasteiger partial charge in [0.2, 0.25) is 0 Å². The molecule has 4 saturated carbocycles. The van der Waals surface area contributed by atoms with Crippen LogP contribution in [0.4, 0.5) is 5.69 Å². The van der Waals surface area contributed by atoms with E-state index < -0.39 is 0 Å². The summed E-state index contributed by atoms with van der Waals surface area (Å²) in [5.74, 6) is 3.06. The van der Waals surface area contributed by atoms with Crippen molar-refractivity contribution in [2.75, 3.05) is 18.0 Å². The molecule has 134 valence electrons. The molecule has 4 aliphatic rings. The van der Waals surface area contributed by atoms with Crippen molar-refractivity contribution in [3.8, 4) is 0 Å². The molecule has 4 bridgehead atoms. The van der Waals surface area contributed by atoms with Crippen molar-refractivity contribution in [3.63, 3.8) is 0 Å². The van der Waals surface area contributed by atoms with E-state index in [2.05, 4.69) is 47.8 Å². The first-order valence-electron chi connectivity index (χ1n) is 9.99. The molecular weight excluding hydrogens is 296 g/mol. The summed E-state index contributed by atoms with van der Waals surface area (Å²) in [7, 11) is 0. The fourth-order valence-corrected chi connectivity index (χ4v) is 6.24. The number of anilines is 1. The van der Waals surface area contributed by atoms with Crippen molar-refractivity contribution in [2.24, 2.45) is 17.8 Å². The van der Waals surface area contributed by atoms with Crippen LogP contribution in [0.2, 0.25) is 0 Å². The average molecular weight is 331 g/mol. The van der Waals surface area contributed by atoms with E-state index in [-0.39, 0.29) is 5.48 Å². The van der Waals surface area contributed by atoms with E-state index in [1.807, 2.05) is 0 Å². The lowest BCUT2D eigenvalue weighted by atomic mass is 9.53. The quantitative estimate of drug-likeness (QED) is 0.727. The van der Waals surface area contributed by atoms with E-state index in [4.69, 9.17) is 0 Å². The summed E-state index contributed by atoms with van der Waals surface area (Å²) in [6.45, 7) is 6.91. The molecule has 0 saturated heterocycles. The lowest BCUT2D eigenvalue weighted by Gasteiger charge is -2.53. The van der Waals surface area contributed by atoms with Gasteiger partial charge in [0, 0.05) is 50.2 Å². The third kappa shape index (κ3) is 3.08. The molecule has 0 aliphatic heterocycles. The van der Waals surface area contributed by atoms with Crippen LogP contribution in [-0.4, -0.2) is 18.6 Å². The predicted octanol–water partition coefficient (Wildman–Crippen LogP) is 4.35. The molecule has 0 spiro atoms. The number of nitrogens with zero attached hydrogens (tertiary/aromatic N) is 2. The second-order valence-electron chi connectivity index (χ2n) is 8.59. The van der Waals surface area contributed by atoms with E-state index in [1.54, 1.807) is 0 Å². The monoisotopic (exact) mass is 330 g/mol. The van der Waals surface area contributed by atoms with Gasteiger partial charge >= 0.3 is 0 Å². The lowest BCUT2D eigenvalue weighted by Crippen LogP contribution is -2.64. The van der Waals surface area contributed by atoms with Crippen LogP contribution < -0.4 is 9.47 Å². The van der Waals surface area contributed by atoms with Gasteiger partial charge in [0.25, 0.3) is 0 Å². The maximum atomic E-state index is 2.61. The Kier molecular flexibility index (Phi) is 5.19. The van der Waals surface area contributed by atoms with E-state index >= 15 is 0 Å². The van der Waals surface area contributed by atoms with Gasteiger partial charge in [0.05, 0.1) is 0 Å². The molecule has 1 heterocycles. The molecule has 0 unspecified atom stereocenters. The van der Waals surface area contributed by atoms with E-state index in [0.717, 1.165) is 17.8 Å². The first kappa shape index (κ1) is 17.7. The molecule has 24 heavy (non-hydrogen) atoms. The summed E-state index contributed by atoms with van der Waals surface area (Å²) >= 11 is 0. The highest BCUT2D eigenvalue weighted by Gasteiger charge is 2.56. The Hall–Kier alpha value is -1.09. The van der Waals surface area contributed by atoms with Gasteiger partial charge < -0.3 is 10.4 Å². The molecule has 0 aromatic carbocycles. The Balaban J connectivity index is 0.00000169. The van der Waals surface area contributed by atoms with Crippen LogP contribution in [0.15, 0.2) is 24.5 Å². The maximum absolute atomic E-state index is 2.61. The van der Waals surface area contributed by atoms with Crippen LogP contribution in [0.1, 0.15) is 65.2 Å². The molecule has 1 aromatic heterocycles. The highest BCUT2D eigenvalue weighted by Crippen LogP contribution is 2.56. The van der Waals surface area contributed by atoms with Crippen LogP contribution in [0.25, 0.3) is 0 Å². The van der Waals surface area contributed by atoms with Gasteiger partial charge in [0.1, 0.15) is 0 Å². The average Bonchev–Trinajstić information content (AvgIpc) is 2.54. The molecule has 0 amide bonds. The van der Waals surface area contributed by atoms with Crippen LogP contribution in [-0.2, 0) is 5.54 Å². The van der Waals surface area contributed by atoms with Crippen molar-refractivity contribution in [1.82, 2.24) is 0 Å². The third-order valence-corrected chi connectivity index (χ3v) is 6.72. The standard InChI is InChI=1S/C21H33N2.H2O/c1-3-7-22(8-4-2)20-5-9-23(10-6-20)21-14-17-11-18(15-21)13-19(12-17)16-21;/h5-6,9-10,17-19H,3-4,7-8,11-16H2,1-2H3;1H2/q+1;/p-1. The van der Waals surface area contributed by atoms with Gasteiger partial charge in [-0.05, 0) is 49.9 Å². The van der Waals surface area contributed by atoms with Crippen LogP contribution in [0, 0.1) is 17.8 Å². The largest absolute Gasteiger partial charge is 0.870 e. The van der Waals surface area contributed by atoms with Gasteiger partial charge in [-0.1, -0.05) is 13.8 Å². The van der Waals surface area contributed by atoms with Crippen molar-refractivity contribution in [2.45, 2.75) is 70.8 Å². The summed E-state index contributed by atoms with van der Waals surface area (Å²) in [6.07, 6.45) is 16.2. The summed E-state index contributed by atoms with van der Waals surface area (Å²) < 4.78 is 2.61. The van der Waals surface area contributed by atoms with Gasteiger partial charge in [-0.2, -0.15) is 4.57 Å². The van der Waals surface area contributed by atoms with E-state index in [1.165, 1.54) is 70.1 Å². The topological polar surface area (TPSA) is 37.1 Å². The van der Waals surface area contributed by atoms with Crippen LogP contribution in [0.5, 0.6) is 0 Å². The second-order valence-corrected chi connectivity index (χ2v) is 8.59. The zero-order valence-electron chi connectivity index (χ0n) is 15.5. The number of hydrogen-bond acceptors (Lipinski definition) is 2. The second kappa shape index (κ2) is 7.03. The van der Waals surface area contributed by atoms with Crippen molar-refractivity contribution >= 4 is 5.69 Å². The Bertz CT molecular complexity index is 498. The molecular formula is C21H34N2O. The summed E-state index contributed by atoms with van der Waals surface area (Å²) in [4.78, 5) is 2.55. The Labute approximate surface area is 147 Å². The summed E-state index contributed by atoms with van der Waals surface area (Å²) in [6, 6.07) is 4.76. The van der Waals surface area contributed by atoms with Gasteiger partial charge in [-0.15, -0.1) is 0 Å². The van der Waals surface area contributed by atoms with Crippen LogP contribution >= 0.6 is 0 Å². The third-order valence-electron chi connectivity index (χ3n) is 6.72. The highest BCUT2D eigenvalue weighted by atomic mass is 16.0. The molecule has 4 aliphatic carbocycles. The number of hydrogen-bond donors (Lipinski definition) is 0. The first-order chi connectivity index (χ1) is 11.2. The smallest absolute Gasteiger partial charge is 0.171 e. The number of rotatable bonds is 6. The molecule has 5 rings (SSSR count). The van der Waals surface area contributed by atoms with E-state index in [0.29, 0.717) is 5.54 Å². The Morgan fingerprint density at radius 3 is 1.79 bits per heavy atom. The molecule has 3 nitrogen and oxygen atoms in total. The minimum absolute atomic E-state index is 0. The Morgan fingerprint density at radius 1 is 0.917 bits per heavy atom. The molecule has 1 aromatic rings.